The van der Waals surface area contributed by atoms with Crippen molar-refractivity contribution in [3.8, 4) is 6.07 Å². The molecule has 0 unspecified atom stereocenters. The predicted molar refractivity (Wildman–Crippen MR) is 34.9 cm³/mol. The topological polar surface area (TPSA) is 78.9 Å². The zero-order valence-corrected chi connectivity index (χ0v) is 5.77. The van der Waals surface area contributed by atoms with Crippen LogP contribution in [0.5, 0.6) is 0 Å². The Labute approximate surface area is 62.5 Å². The zero-order valence-electron chi connectivity index (χ0n) is 5.77. The molecule has 1 aromatic rings. The minimum absolute atomic E-state index is 0.107. The maximum atomic E-state index is 10.3. The first-order chi connectivity index (χ1) is 5.15. The molecule has 0 amide bonds. The SMILES string of the molecule is Cn1nc(C(=O)O)cc1C#N. The van der Waals surface area contributed by atoms with Gasteiger partial charge >= 0.3 is 5.97 Å². The van der Waals surface area contributed by atoms with E-state index in [1.807, 2.05) is 6.07 Å². The molecule has 0 saturated carbocycles. The molecule has 5 heteroatoms. The number of nitriles is 1. The van der Waals surface area contributed by atoms with Crippen molar-refractivity contribution in [2.24, 2.45) is 7.05 Å². The Hall–Kier alpha value is -1.83. The molecule has 0 radical (unpaired) electrons. The minimum Gasteiger partial charge on any atom is -0.476 e. The molecule has 0 saturated heterocycles. The number of hydrogen-bond acceptors (Lipinski definition) is 3. The van der Waals surface area contributed by atoms with Crippen molar-refractivity contribution in [3.63, 3.8) is 0 Å². The van der Waals surface area contributed by atoms with Gasteiger partial charge in [0.2, 0.25) is 0 Å². The van der Waals surface area contributed by atoms with Gasteiger partial charge in [0.1, 0.15) is 11.8 Å². The van der Waals surface area contributed by atoms with Gasteiger partial charge in [0.05, 0.1) is 0 Å². The van der Waals surface area contributed by atoms with Crippen molar-refractivity contribution in [3.05, 3.63) is 17.5 Å². The Kier molecular flexibility index (Phi) is 1.60. The van der Waals surface area contributed by atoms with E-state index in [1.54, 1.807) is 0 Å². The Bertz CT molecular complexity index is 334. The van der Waals surface area contributed by atoms with Crippen LogP contribution in [0.1, 0.15) is 16.2 Å². The Balaban J connectivity index is 3.18. The van der Waals surface area contributed by atoms with E-state index in [2.05, 4.69) is 5.10 Å². The molecular formula is C6H5N3O2. The zero-order chi connectivity index (χ0) is 8.43. The molecule has 1 heterocycles. The van der Waals surface area contributed by atoms with Gasteiger partial charge in [-0.15, -0.1) is 0 Å². The summed E-state index contributed by atoms with van der Waals surface area (Å²) in [6.45, 7) is 0. The summed E-state index contributed by atoms with van der Waals surface area (Å²) in [5.41, 5.74) is 0.131. The van der Waals surface area contributed by atoms with Gasteiger partial charge in [0.25, 0.3) is 0 Å². The summed E-state index contributed by atoms with van der Waals surface area (Å²) >= 11 is 0. The van der Waals surface area contributed by atoms with Crippen LogP contribution in [0, 0.1) is 11.3 Å². The number of hydrogen-bond donors (Lipinski definition) is 1. The van der Waals surface area contributed by atoms with Gasteiger partial charge in [-0.25, -0.2) is 4.79 Å². The Morgan fingerprint density at radius 3 is 2.82 bits per heavy atom. The quantitative estimate of drug-likeness (QED) is 0.612. The molecule has 1 N–H and O–H groups in total. The first-order valence-corrected chi connectivity index (χ1v) is 2.82. The van der Waals surface area contributed by atoms with Gasteiger partial charge in [-0.3, -0.25) is 4.68 Å². The smallest absolute Gasteiger partial charge is 0.356 e. The summed E-state index contributed by atoms with van der Waals surface area (Å²) in [6, 6.07) is 3.03. The van der Waals surface area contributed by atoms with E-state index in [-0.39, 0.29) is 11.4 Å². The van der Waals surface area contributed by atoms with Crippen LogP contribution in [0.15, 0.2) is 6.07 Å². The molecule has 1 aromatic heterocycles. The van der Waals surface area contributed by atoms with E-state index in [9.17, 15) is 4.79 Å². The fourth-order valence-electron chi connectivity index (χ4n) is 0.676. The first-order valence-electron chi connectivity index (χ1n) is 2.82. The maximum Gasteiger partial charge on any atom is 0.356 e. The fourth-order valence-corrected chi connectivity index (χ4v) is 0.676. The van der Waals surface area contributed by atoms with Crippen LogP contribution in [-0.2, 0) is 7.05 Å². The number of carboxylic acid groups (broad SMARTS) is 1. The number of nitrogens with zero attached hydrogens (tertiary/aromatic N) is 3. The van der Waals surface area contributed by atoms with Crippen molar-refractivity contribution in [1.82, 2.24) is 9.78 Å². The highest BCUT2D eigenvalue weighted by Gasteiger charge is 2.09. The van der Waals surface area contributed by atoms with Gasteiger partial charge in [0.15, 0.2) is 5.69 Å². The lowest BCUT2D eigenvalue weighted by Crippen LogP contribution is -1.99. The summed E-state index contributed by atoms with van der Waals surface area (Å²) < 4.78 is 1.23. The summed E-state index contributed by atoms with van der Waals surface area (Å²) in [6.07, 6.45) is 0. The maximum absolute atomic E-state index is 10.3. The molecule has 1 rings (SSSR count). The normalized spacial score (nSPS) is 9.09. The molecule has 0 atom stereocenters. The molecule has 5 nitrogen and oxygen atoms in total. The van der Waals surface area contributed by atoms with Crippen LogP contribution in [-0.4, -0.2) is 20.9 Å². The third-order valence-electron chi connectivity index (χ3n) is 1.21. The van der Waals surface area contributed by atoms with Crippen molar-refractivity contribution >= 4 is 5.97 Å². The number of carbonyl (C=O) groups is 1. The largest absolute Gasteiger partial charge is 0.476 e. The van der Waals surface area contributed by atoms with Crippen LogP contribution in [0.3, 0.4) is 0 Å². The second kappa shape index (κ2) is 2.42. The first kappa shape index (κ1) is 7.28. The third kappa shape index (κ3) is 1.19. The molecule has 0 aliphatic rings. The lowest BCUT2D eigenvalue weighted by molar-refractivity contribution is 0.0689. The summed E-state index contributed by atoms with van der Waals surface area (Å²) in [5.74, 6) is -1.12. The molecule has 0 spiro atoms. The van der Waals surface area contributed by atoms with Crippen LogP contribution in [0.2, 0.25) is 0 Å². The molecule has 0 bridgehead atoms. The van der Waals surface area contributed by atoms with E-state index in [0.717, 1.165) is 0 Å². The van der Waals surface area contributed by atoms with Crippen molar-refractivity contribution < 1.29 is 9.90 Å². The minimum atomic E-state index is -1.12. The standard InChI is InChI=1S/C6H5N3O2/c1-9-4(3-7)2-5(8-9)6(10)11/h2H,1H3,(H,10,11). The van der Waals surface area contributed by atoms with E-state index in [4.69, 9.17) is 10.4 Å². The van der Waals surface area contributed by atoms with Crippen molar-refractivity contribution in [1.29, 1.82) is 5.26 Å². The average molecular weight is 151 g/mol. The predicted octanol–water partition coefficient (Wildman–Crippen LogP) is -0.0100. The van der Waals surface area contributed by atoms with Crippen LogP contribution in [0.25, 0.3) is 0 Å². The molecule has 0 aliphatic heterocycles. The van der Waals surface area contributed by atoms with E-state index in [0.29, 0.717) is 0 Å². The van der Waals surface area contributed by atoms with Gasteiger partial charge in [-0.2, -0.15) is 10.4 Å². The molecular weight excluding hydrogens is 146 g/mol. The van der Waals surface area contributed by atoms with Gasteiger partial charge in [-0.05, 0) is 0 Å². The molecule has 0 aromatic carbocycles. The number of aromatic nitrogens is 2. The van der Waals surface area contributed by atoms with E-state index >= 15 is 0 Å². The molecule has 0 aliphatic carbocycles. The van der Waals surface area contributed by atoms with Gasteiger partial charge in [0, 0.05) is 13.1 Å². The third-order valence-corrected chi connectivity index (χ3v) is 1.21. The summed E-state index contributed by atoms with van der Waals surface area (Å²) in [4.78, 5) is 10.3. The number of aryl methyl sites for hydroxylation is 1. The Morgan fingerprint density at radius 1 is 1.91 bits per heavy atom. The van der Waals surface area contributed by atoms with Gasteiger partial charge in [-0.1, -0.05) is 0 Å². The second-order valence-electron chi connectivity index (χ2n) is 1.96. The summed E-state index contributed by atoms with van der Waals surface area (Å²) in [5, 5.41) is 20.4. The van der Waals surface area contributed by atoms with Crippen LogP contribution >= 0.6 is 0 Å². The average Bonchev–Trinajstić information content (AvgIpc) is 2.31. The van der Waals surface area contributed by atoms with Crippen molar-refractivity contribution in [2.45, 2.75) is 0 Å². The molecule has 11 heavy (non-hydrogen) atoms. The van der Waals surface area contributed by atoms with Crippen molar-refractivity contribution in [2.75, 3.05) is 0 Å². The highest BCUT2D eigenvalue weighted by Crippen LogP contribution is 2.00. The Morgan fingerprint density at radius 2 is 2.55 bits per heavy atom. The highest BCUT2D eigenvalue weighted by atomic mass is 16.4. The van der Waals surface area contributed by atoms with Crippen LogP contribution in [0.4, 0.5) is 0 Å². The highest BCUT2D eigenvalue weighted by molar-refractivity contribution is 5.85. The lowest BCUT2D eigenvalue weighted by atomic mass is 10.4. The summed E-state index contributed by atoms with van der Waals surface area (Å²) in [7, 11) is 1.52. The van der Waals surface area contributed by atoms with Crippen LogP contribution < -0.4 is 0 Å². The van der Waals surface area contributed by atoms with E-state index in [1.165, 1.54) is 17.8 Å². The van der Waals surface area contributed by atoms with Gasteiger partial charge < -0.3 is 5.11 Å². The lowest BCUT2D eigenvalue weighted by Gasteiger charge is -1.85. The number of aromatic carboxylic acids is 1. The molecule has 0 fully saturated rings. The monoisotopic (exact) mass is 151 g/mol. The number of carboxylic acids is 1. The molecule has 56 valence electrons. The second-order valence-corrected chi connectivity index (χ2v) is 1.96. The fraction of sp³-hybridized carbons (Fsp3) is 0.167. The number of rotatable bonds is 1. The van der Waals surface area contributed by atoms with E-state index < -0.39 is 5.97 Å².